The Balaban J connectivity index is 1.70. The topological polar surface area (TPSA) is 86.0 Å². The Morgan fingerprint density at radius 1 is 1.00 bits per heavy atom. The van der Waals surface area contributed by atoms with Crippen LogP contribution >= 0.6 is 0 Å². The molecule has 0 aliphatic rings. The summed E-state index contributed by atoms with van der Waals surface area (Å²) in [6, 6.07) is 18.2. The van der Waals surface area contributed by atoms with E-state index in [1.54, 1.807) is 67.6 Å². The van der Waals surface area contributed by atoms with E-state index >= 15 is 0 Å². The average Bonchev–Trinajstić information content (AvgIpc) is 3.23. The summed E-state index contributed by atoms with van der Waals surface area (Å²) >= 11 is 0. The molecule has 0 radical (unpaired) electrons. The van der Waals surface area contributed by atoms with Gasteiger partial charge >= 0.3 is 5.97 Å². The second kappa shape index (κ2) is 8.83. The van der Waals surface area contributed by atoms with Crippen LogP contribution in [0.5, 0.6) is 5.75 Å². The summed E-state index contributed by atoms with van der Waals surface area (Å²) in [5.41, 5.74) is 0.537. The molecule has 2 aromatic carbocycles. The van der Waals surface area contributed by atoms with Crippen molar-refractivity contribution in [3.8, 4) is 5.75 Å². The number of anilines is 1. The van der Waals surface area contributed by atoms with E-state index in [1.807, 2.05) is 0 Å². The fourth-order valence-corrected chi connectivity index (χ4v) is 4.23. The first-order valence-corrected chi connectivity index (χ1v) is 10.4. The van der Waals surface area contributed by atoms with Crippen molar-refractivity contribution in [2.24, 2.45) is 0 Å². The third kappa shape index (κ3) is 4.60. The average molecular weight is 415 g/mol. The molecule has 7 nitrogen and oxygen atoms in total. The lowest BCUT2D eigenvalue weighted by Gasteiger charge is -2.23. The summed E-state index contributed by atoms with van der Waals surface area (Å²) in [5, 5.41) is 0. The number of esters is 1. The molecule has 1 aromatic heterocycles. The van der Waals surface area contributed by atoms with Gasteiger partial charge in [-0.15, -0.1) is 0 Å². The fourth-order valence-electron chi connectivity index (χ4n) is 2.74. The van der Waals surface area contributed by atoms with Crippen molar-refractivity contribution in [3.05, 3.63) is 78.3 Å². The number of benzene rings is 2. The van der Waals surface area contributed by atoms with E-state index in [0.717, 1.165) is 0 Å². The lowest BCUT2D eigenvalue weighted by Crippen LogP contribution is -2.30. The van der Waals surface area contributed by atoms with Crippen LogP contribution < -0.4 is 9.04 Å². The van der Waals surface area contributed by atoms with E-state index in [-0.39, 0.29) is 17.3 Å². The number of methoxy groups -OCH3 is 1. The lowest BCUT2D eigenvalue weighted by atomic mass is 10.3. The fraction of sp³-hybridized carbons (Fsp3) is 0.190. The van der Waals surface area contributed by atoms with Crippen LogP contribution in [-0.2, 0) is 21.4 Å². The molecule has 0 amide bonds. The molecular weight excluding hydrogens is 394 g/mol. The molecule has 0 bridgehead atoms. The molecule has 3 rings (SSSR count). The molecule has 1 heterocycles. The number of carbonyl (C=O) groups is 1. The minimum atomic E-state index is -3.65. The van der Waals surface area contributed by atoms with Gasteiger partial charge in [-0.25, -0.2) is 13.2 Å². The third-order valence-corrected chi connectivity index (χ3v) is 6.09. The predicted molar refractivity (Wildman–Crippen MR) is 107 cm³/mol. The Labute approximate surface area is 169 Å². The first-order chi connectivity index (χ1) is 14.0. The van der Waals surface area contributed by atoms with Gasteiger partial charge in [0.15, 0.2) is 0 Å². The largest absolute Gasteiger partial charge is 0.486 e. The standard InChI is InChI=1S/C21H21NO6S/c1-3-22(29(24,25)19-7-5-4-6-8-19)16-9-11-17(12-10-16)27-15-18-13-14-20(28-18)21(23)26-2/h4-14H,3,15H2,1-2H3. The van der Waals surface area contributed by atoms with E-state index in [9.17, 15) is 13.2 Å². The first kappa shape index (κ1) is 20.5. The molecule has 0 spiro atoms. The van der Waals surface area contributed by atoms with Gasteiger partial charge in [-0.1, -0.05) is 18.2 Å². The van der Waals surface area contributed by atoms with Gasteiger partial charge in [0.2, 0.25) is 5.76 Å². The number of furan rings is 1. The summed E-state index contributed by atoms with van der Waals surface area (Å²) in [5.74, 6) is 0.556. The number of rotatable bonds is 8. The maximum atomic E-state index is 12.9. The summed E-state index contributed by atoms with van der Waals surface area (Å²) in [4.78, 5) is 11.6. The van der Waals surface area contributed by atoms with Gasteiger partial charge in [-0.2, -0.15) is 0 Å². The van der Waals surface area contributed by atoms with E-state index in [2.05, 4.69) is 4.74 Å². The first-order valence-electron chi connectivity index (χ1n) is 8.93. The van der Waals surface area contributed by atoms with E-state index in [4.69, 9.17) is 9.15 Å². The Hall–Kier alpha value is -3.26. The summed E-state index contributed by atoms with van der Waals surface area (Å²) in [6.45, 7) is 2.19. The SMILES string of the molecule is CCN(c1ccc(OCc2ccc(C(=O)OC)o2)cc1)S(=O)(=O)c1ccccc1. The minimum Gasteiger partial charge on any atom is -0.486 e. The van der Waals surface area contributed by atoms with Gasteiger partial charge in [0.1, 0.15) is 18.1 Å². The van der Waals surface area contributed by atoms with Crippen molar-refractivity contribution in [2.45, 2.75) is 18.4 Å². The van der Waals surface area contributed by atoms with Gasteiger partial charge in [-0.3, -0.25) is 4.31 Å². The second-order valence-electron chi connectivity index (χ2n) is 6.02. The number of carbonyl (C=O) groups excluding carboxylic acids is 1. The zero-order chi connectivity index (χ0) is 20.9. The van der Waals surface area contributed by atoms with Crippen LogP contribution in [0.2, 0.25) is 0 Å². The molecule has 0 aliphatic carbocycles. The van der Waals surface area contributed by atoms with Gasteiger partial charge in [0.05, 0.1) is 17.7 Å². The van der Waals surface area contributed by atoms with Gasteiger partial charge in [0.25, 0.3) is 10.0 Å². The number of hydrogen-bond acceptors (Lipinski definition) is 6. The zero-order valence-electron chi connectivity index (χ0n) is 16.1. The van der Waals surface area contributed by atoms with Crippen molar-refractivity contribution >= 4 is 21.7 Å². The Morgan fingerprint density at radius 3 is 2.31 bits per heavy atom. The molecule has 152 valence electrons. The lowest BCUT2D eigenvalue weighted by molar-refractivity contribution is 0.0561. The van der Waals surface area contributed by atoms with Crippen LogP contribution in [0.4, 0.5) is 5.69 Å². The van der Waals surface area contributed by atoms with Crippen molar-refractivity contribution in [2.75, 3.05) is 18.0 Å². The van der Waals surface area contributed by atoms with Crippen LogP contribution in [0.3, 0.4) is 0 Å². The number of nitrogens with zero attached hydrogens (tertiary/aromatic N) is 1. The quantitative estimate of drug-likeness (QED) is 0.519. The molecule has 0 saturated heterocycles. The van der Waals surface area contributed by atoms with E-state index < -0.39 is 16.0 Å². The minimum absolute atomic E-state index is 0.103. The molecule has 0 aliphatic heterocycles. The smallest absolute Gasteiger partial charge is 0.373 e. The normalized spacial score (nSPS) is 11.1. The van der Waals surface area contributed by atoms with Crippen molar-refractivity contribution < 1.29 is 27.1 Å². The van der Waals surface area contributed by atoms with E-state index in [0.29, 0.717) is 23.7 Å². The molecule has 8 heteroatoms. The molecule has 29 heavy (non-hydrogen) atoms. The summed E-state index contributed by atoms with van der Waals surface area (Å²) in [6.07, 6.45) is 0. The number of ether oxygens (including phenoxy) is 2. The van der Waals surface area contributed by atoms with Crippen LogP contribution in [0.15, 0.2) is 76.0 Å². The second-order valence-corrected chi connectivity index (χ2v) is 7.89. The third-order valence-electron chi connectivity index (χ3n) is 4.17. The molecule has 0 N–H and O–H groups in total. The monoisotopic (exact) mass is 415 g/mol. The van der Waals surface area contributed by atoms with Crippen molar-refractivity contribution in [3.63, 3.8) is 0 Å². The maximum Gasteiger partial charge on any atom is 0.373 e. The highest BCUT2D eigenvalue weighted by Gasteiger charge is 2.23. The van der Waals surface area contributed by atoms with Gasteiger partial charge in [0, 0.05) is 6.54 Å². The Bertz CT molecular complexity index is 1060. The molecule has 0 saturated carbocycles. The van der Waals surface area contributed by atoms with Crippen LogP contribution in [0.25, 0.3) is 0 Å². The molecular formula is C21H21NO6S. The summed E-state index contributed by atoms with van der Waals surface area (Å²) < 4.78 is 42.7. The highest BCUT2D eigenvalue weighted by atomic mass is 32.2. The van der Waals surface area contributed by atoms with Crippen molar-refractivity contribution in [1.29, 1.82) is 0 Å². The van der Waals surface area contributed by atoms with Crippen LogP contribution in [-0.4, -0.2) is 28.0 Å². The Kier molecular flexibility index (Phi) is 6.23. The number of sulfonamides is 1. The van der Waals surface area contributed by atoms with Crippen LogP contribution in [0.1, 0.15) is 23.2 Å². The maximum absolute atomic E-state index is 12.9. The summed E-state index contributed by atoms with van der Waals surface area (Å²) in [7, 11) is -2.37. The van der Waals surface area contributed by atoms with Gasteiger partial charge < -0.3 is 13.9 Å². The highest BCUT2D eigenvalue weighted by molar-refractivity contribution is 7.92. The van der Waals surface area contributed by atoms with Crippen molar-refractivity contribution in [1.82, 2.24) is 0 Å². The molecule has 0 unspecified atom stereocenters. The molecule has 0 atom stereocenters. The molecule has 3 aromatic rings. The van der Waals surface area contributed by atoms with Crippen LogP contribution in [0, 0.1) is 0 Å². The Morgan fingerprint density at radius 2 is 1.69 bits per heavy atom. The predicted octanol–water partition coefficient (Wildman–Crippen LogP) is 3.86. The number of hydrogen-bond donors (Lipinski definition) is 0. The van der Waals surface area contributed by atoms with E-state index in [1.165, 1.54) is 17.5 Å². The van der Waals surface area contributed by atoms with Gasteiger partial charge in [-0.05, 0) is 55.5 Å². The molecule has 0 fully saturated rings. The zero-order valence-corrected chi connectivity index (χ0v) is 16.9. The highest BCUT2D eigenvalue weighted by Crippen LogP contribution is 2.26.